The predicted octanol–water partition coefficient (Wildman–Crippen LogP) is 5.24. The van der Waals surface area contributed by atoms with Crippen molar-refractivity contribution in [3.8, 4) is 5.75 Å². The molecule has 1 saturated heterocycles. The van der Waals surface area contributed by atoms with Gasteiger partial charge in [0.2, 0.25) is 11.7 Å². The number of benzene rings is 2. The molecule has 43 heavy (non-hydrogen) atoms. The fraction of sp³-hybridized carbons (Fsp3) is 0.500. The van der Waals surface area contributed by atoms with Crippen LogP contribution in [0.4, 0.5) is 18.9 Å². The molecule has 13 heteroatoms. The number of carbonyl (C=O) groups excluding carboxylic acids is 3. The van der Waals surface area contributed by atoms with Crippen molar-refractivity contribution < 1.29 is 32.7 Å². The number of phenols is 1. The van der Waals surface area contributed by atoms with Crippen LogP contribution in [0.15, 0.2) is 36.4 Å². The number of hydrogen-bond acceptors (Lipinski definition) is 6. The van der Waals surface area contributed by atoms with Crippen molar-refractivity contribution in [2.75, 3.05) is 18.0 Å². The van der Waals surface area contributed by atoms with Crippen molar-refractivity contribution in [3.05, 3.63) is 57.6 Å². The summed E-state index contributed by atoms with van der Waals surface area (Å²) in [6.45, 7) is 3.24. The second-order valence-electron chi connectivity index (χ2n) is 11.0. The van der Waals surface area contributed by atoms with Crippen molar-refractivity contribution in [1.82, 2.24) is 16.0 Å². The van der Waals surface area contributed by atoms with Crippen LogP contribution in [0.3, 0.4) is 0 Å². The molecule has 0 bridgehead atoms. The maximum Gasteiger partial charge on any atom is 0.407 e. The highest BCUT2D eigenvalue weighted by Crippen LogP contribution is 2.36. The lowest BCUT2D eigenvalue weighted by Gasteiger charge is -2.30. The van der Waals surface area contributed by atoms with Crippen molar-refractivity contribution in [1.29, 1.82) is 0 Å². The molecule has 1 aliphatic heterocycles. The van der Waals surface area contributed by atoms with Gasteiger partial charge in [-0.3, -0.25) is 19.7 Å². The Bertz CT molecular complexity index is 1290. The molecule has 234 valence electrons. The van der Waals surface area contributed by atoms with Gasteiger partial charge in [-0.1, -0.05) is 42.3 Å². The zero-order chi connectivity index (χ0) is 31.3. The predicted molar refractivity (Wildman–Crippen MR) is 158 cm³/mol. The van der Waals surface area contributed by atoms with E-state index in [4.69, 9.17) is 23.2 Å². The summed E-state index contributed by atoms with van der Waals surface area (Å²) >= 11 is 12.1. The summed E-state index contributed by atoms with van der Waals surface area (Å²) in [4.78, 5) is 40.7. The zero-order valence-electron chi connectivity index (χ0n) is 23.6. The molecule has 8 nitrogen and oxygen atoms in total. The van der Waals surface area contributed by atoms with Crippen molar-refractivity contribution in [2.24, 2.45) is 0 Å². The minimum absolute atomic E-state index is 0.0485. The number of phenolic OH excluding ortho intramolecular Hbond substituents is 1. The van der Waals surface area contributed by atoms with Gasteiger partial charge in [-0.2, -0.15) is 13.2 Å². The molecule has 2 aromatic carbocycles. The van der Waals surface area contributed by atoms with E-state index in [0.29, 0.717) is 0 Å². The number of rotatable bonds is 12. The van der Waals surface area contributed by atoms with Crippen molar-refractivity contribution in [2.45, 2.75) is 82.2 Å². The Kier molecular flexibility index (Phi) is 10.8. The van der Waals surface area contributed by atoms with Gasteiger partial charge >= 0.3 is 6.18 Å². The number of ketones is 1. The summed E-state index contributed by atoms with van der Waals surface area (Å²) in [6, 6.07) is 3.55. The third-order valence-corrected chi connectivity index (χ3v) is 8.23. The van der Waals surface area contributed by atoms with Gasteiger partial charge in [-0.05, 0) is 80.3 Å². The molecule has 0 aromatic heterocycles. The van der Waals surface area contributed by atoms with Gasteiger partial charge in [0.15, 0.2) is 5.75 Å². The van der Waals surface area contributed by atoms with Crippen LogP contribution in [0.2, 0.25) is 10.0 Å². The van der Waals surface area contributed by atoms with Gasteiger partial charge in [0.1, 0.15) is 6.04 Å². The summed E-state index contributed by atoms with van der Waals surface area (Å²) in [5.74, 6) is -3.05. The molecule has 0 radical (unpaired) electrons. The molecule has 0 unspecified atom stereocenters. The van der Waals surface area contributed by atoms with Gasteiger partial charge in [-0.15, -0.1) is 0 Å². The fourth-order valence-electron chi connectivity index (χ4n) is 5.08. The van der Waals surface area contributed by atoms with E-state index in [2.05, 4.69) is 20.9 Å². The Labute approximate surface area is 258 Å². The summed E-state index contributed by atoms with van der Waals surface area (Å²) in [5.41, 5.74) is 0.994. The number of alkyl halides is 3. The van der Waals surface area contributed by atoms with Crippen LogP contribution in [0, 0.1) is 0 Å². The van der Waals surface area contributed by atoms with Gasteiger partial charge in [0.25, 0.3) is 5.91 Å². The highest BCUT2D eigenvalue weighted by molar-refractivity contribution is 6.38. The van der Waals surface area contributed by atoms with Crippen LogP contribution in [-0.4, -0.2) is 60.1 Å². The average molecular weight is 644 g/mol. The molecular formula is C30H35Cl2F3N4O4. The maximum absolute atomic E-state index is 14.5. The number of halogens is 5. The number of hydrogen-bond donors (Lipinski definition) is 4. The average Bonchev–Trinajstić information content (AvgIpc) is 3.80. The molecule has 1 aliphatic carbocycles. The minimum atomic E-state index is -4.79. The van der Waals surface area contributed by atoms with Crippen molar-refractivity contribution in [3.63, 3.8) is 0 Å². The first kappa shape index (κ1) is 32.9. The summed E-state index contributed by atoms with van der Waals surface area (Å²) in [7, 11) is 0. The number of anilines is 1. The van der Waals surface area contributed by atoms with E-state index in [9.17, 15) is 32.7 Å². The fourth-order valence-corrected chi connectivity index (χ4v) is 5.61. The van der Waals surface area contributed by atoms with Crippen LogP contribution < -0.4 is 20.9 Å². The SMILES string of the molecule is CC[C@H](NC(=O)[C@H](Cc1cc(Cl)c(O)c(Cl)c1)N[C@@H](c1ccc(N2CCCCC2)cc1)C(F)(F)F)C(=O)C(=O)NC1CC1. The molecule has 2 aromatic rings. The number of nitrogens with one attached hydrogen (secondary N) is 3. The molecule has 2 fully saturated rings. The highest BCUT2D eigenvalue weighted by Gasteiger charge is 2.43. The normalized spacial score (nSPS) is 17.6. The van der Waals surface area contributed by atoms with E-state index >= 15 is 0 Å². The summed E-state index contributed by atoms with van der Waals surface area (Å²) < 4.78 is 43.5. The van der Waals surface area contributed by atoms with Gasteiger partial charge in [-0.25, -0.2) is 0 Å². The summed E-state index contributed by atoms with van der Waals surface area (Å²) in [6.07, 6.45) is -0.409. The number of nitrogens with zero attached hydrogens (tertiary/aromatic N) is 1. The second kappa shape index (κ2) is 14.2. The lowest BCUT2D eigenvalue weighted by atomic mass is 9.99. The Morgan fingerprint density at radius 3 is 2.14 bits per heavy atom. The third-order valence-electron chi connectivity index (χ3n) is 7.65. The number of amides is 2. The number of Topliss-reactive ketones (excluding diaryl/α,β-unsaturated/α-hetero) is 1. The lowest BCUT2D eigenvalue weighted by Crippen LogP contribution is -2.55. The van der Waals surface area contributed by atoms with Crippen molar-refractivity contribution >= 4 is 46.5 Å². The lowest BCUT2D eigenvalue weighted by molar-refractivity contribution is -0.161. The van der Waals surface area contributed by atoms with Crippen LogP contribution >= 0.6 is 23.2 Å². The van der Waals surface area contributed by atoms with Crippen LogP contribution in [-0.2, 0) is 20.8 Å². The molecule has 0 spiro atoms. The first-order valence-corrected chi connectivity index (χ1v) is 15.1. The van der Waals surface area contributed by atoms with E-state index in [1.54, 1.807) is 19.1 Å². The van der Waals surface area contributed by atoms with Crippen LogP contribution in [0.25, 0.3) is 0 Å². The first-order chi connectivity index (χ1) is 20.4. The van der Waals surface area contributed by atoms with Crippen LogP contribution in [0.5, 0.6) is 5.75 Å². The topological polar surface area (TPSA) is 111 Å². The van der Waals surface area contributed by atoms with Gasteiger partial charge in [0.05, 0.1) is 22.1 Å². The smallest absolute Gasteiger partial charge is 0.407 e. The van der Waals surface area contributed by atoms with E-state index < -0.39 is 47.6 Å². The van der Waals surface area contributed by atoms with E-state index in [-0.39, 0.29) is 40.1 Å². The molecule has 1 saturated carbocycles. The second-order valence-corrected chi connectivity index (χ2v) is 11.8. The quantitative estimate of drug-likeness (QED) is 0.236. The Morgan fingerprint density at radius 1 is 1.00 bits per heavy atom. The maximum atomic E-state index is 14.5. The minimum Gasteiger partial charge on any atom is -0.505 e. The first-order valence-electron chi connectivity index (χ1n) is 14.4. The summed E-state index contributed by atoms with van der Waals surface area (Å²) in [5, 5.41) is 17.1. The monoisotopic (exact) mass is 642 g/mol. The molecule has 2 aliphatic rings. The standard InChI is InChI=1S/C30H35Cl2F3N4O4/c1-2-23(26(41)29(43)36-19-8-9-19)38-28(42)24(16-17-14-21(31)25(40)22(32)15-17)37-27(30(33,34)35)18-6-10-20(11-7-18)39-12-4-3-5-13-39/h6-7,10-11,14-15,19,23-24,27,37,40H,2-5,8-9,12-13,16H2,1H3,(H,36,43)(H,38,42)/t23-,24-,27-/m0/s1. The molecule has 3 atom stereocenters. The number of piperidine rings is 1. The molecule has 1 heterocycles. The molecule has 2 amide bonds. The number of aromatic hydroxyl groups is 1. The molecule has 4 N–H and O–H groups in total. The zero-order valence-corrected chi connectivity index (χ0v) is 25.2. The number of carbonyl (C=O) groups is 3. The molecule has 4 rings (SSSR count). The van der Waals surface area contributed by atoms with E-state index in [1.807, 2.05) is 0 Å². The Hall–Kier alpha value is -3.02. The highest BCUT2D eigenvalue weighted by atomic mass is 35.5. The molecular weight excluding hydrogens is 608 g/mol. The van der Waals surface area contributed by atoms with E-state index in [1.165, 1.54) is 24.3 Å². The largest absolute Gasteiger partial charge is 0.505 e. The Morgan fingerprint density at radius 2 is 1.60 bits per heavy atom. The third kappa shape index (κ3) is 8.77. The van der Waals surface area contributed by atoms with Gasteiger partial charge < -0.3 is 20.6 Å². The van der Waals surface area contributed by atoms with Crippen LogP contribution in [0.1, 0.15) is 62.6 Å². The van der Waals surface area contributed by atoms with E-state index in [0.717, 1.165) is 50.9 Å². The van der Waals surface area contributed by atoms with Gasteiger partial charge in [0, 0.05) is 24.8 Å². The Balaban J connectivity index is 1.60.